The van der Waals surface area contributed by atoms with E-state index in [4.69, 9.17) is 0 Å². The summed E-state index contributed by atoms with van der Waals surface area (Å²) in [5.74, 6) is 0.241. The molecule has 2 amide bonds. The standard InChI is InChI=1S/C23H35N3O2/c1-3-20-17-26(22(27)14-24-23(28)19-12-8-9-13-19)21(4-2)16-25(20)15-18-10-6-5-7-11-18/h5-7,10-11,19-21H,3-4,8-9,12-17H2,1-2H3,(H,24,28)/t20-,21+/m1/s1. The van der Waals surface area contributed by atoms with Crippen molar-refractivity contribution in [3.8, 4) is 0 Å². The van der Waals surface area contributed by atoms with E-state index >= 15 is 0 Å². The molecule has 5 heteroatoms. The number of rotatable bonds is 7. The van der Waals surface area contributed by atoms with E-state index in [-0.39, 0.29) is 30.3 Å². The molecule has 0 spiro atoms. The first kappa shape index (κ1) is 20.8. The van der Waals surface area contributed by atoms with Gasteiger partial charge < -0.3 is 10.2 Å². The van der Waals surface area contributed by atoms with Crippen molar-refractivity contribution >= 4 is 11.8 Å². The molecule has 2 aliphatic rings. The number of piperazine rings is 1. The van der Waals surface area contributed by atoms with Crippen LogP contribution >= 0.6 is 0 Å². The average molecular weight is 386 g/mol. The molecule has 2 atom stereocenters. The van der Waals surface area contributed by atoms with E-state index in [2.05, 4.69) is 48.3 Å². The molecular formula is C23H35N3O2. The van der Waals surface area contributed by atoms with E-state index in [1.807, 2.05) is 11.0 Å². The number of benzene rings is 1. The molecule has 1 heterocycles. The van der Waals surface area contributed by atoms with Crippen LogP contribution in [0.4, 0.5) is 0 Å². The van der Waals surface area contributed by atoms with E-state index in [1.165, 1.54) is 5.56 Å². The minimum atomic E-state index is 0.0636. The van der Waals surface area contributed by atoms with Gasteiger partial charge in [-0.1, -0.05) is 57.0 Å². The molecule has 1 saturated carbocycles. The third-order valence-electron chi connectivity index (χ3n) is 6.44. The van der Waals surface area contributed by atoms with Crippen molar-refractivity contribution in [3.63, 3.8) is 0 Å². The highest BCUT2D eigenvalue weighted by atomic mass is 16.2. The fourth-order valence-corrected chi connectivity index (χ4v) is 4.66. The Kier molecular flexibility index (Phi) is 7.49. The Bertz CT molecular complexity index is 643. The van der Waals surface area contributed by atoms with Gasteiger partial charge in [0.05, 0.1) is 6.54 Å². The van der Waals surface area contributed by atoms with Crippen LogP contribution in [0.2, 0.25) is 0 Å². The maximum Gasteiger partial charge on any atom is 0.242 e. The second kappa shape index (κ2) is 10.1. The summed E-state index contributed by atoms with van der Waals surface area (Å²) >= 11 is 0. The molecule has 154 valence electrons. The lowest BCUT2D eigenvalue weighted by molar-refractivity contribution is -0.139. The summed E-state index contributed by atoms with van der Waals surface area (Å²) in [6, 6.07) is 11.1. The number of carbonyl (C=O) groups is 2. The molecule has 1 saturated heterocycles. The molecule has 0 aromatic heterocycles. The third-order valence-corrected chi connectivity index (χ3v) is 6.44. The second-order valence-corrected chi connectivity index (χ2v) is 8.28. The van der Waals surface area contributed by atoms with Gasteiger partial charge in [-0.3, -0.25) is 14.5 Å². The smallest absolute Gasteiger partial charge is 0.242 e. The van der Waals surface area contributed by atoms with Crippen molar-refractivity contribution in [1.82, 2.24) is 15.1 Å². The van der Waals surface area contributed by atoms with E-state index in [0.29, 0.717) is 6.04 Å². The van der Waals surface area contributed by atoms with Crippen LogP contribution in [0.25, 0.3) is 0 Å². The zero-order chi connectivity index (χ0) is 19.9. The Morgan fingerprint density at radius 3 is 2.32 bits per heavy atom. The van der Waals surface area contributed by atoms with Crippen molar-refractivity contribution in [2.45, 2.75) is 71.0 Å². The van der Waals surface area contributed by atoms with Gasteiger partial charge in [0.2, 0.25) is 11.8 Å². The fourth-order valence-electron chi connectivity index (χ4n) is 4.66. The van der Waals surface area contributed by atoms with Crippen LogP contribution in [0.15, 0.2) is 30.3 Å². The molecule has 1 aromatic rings. The maximum absolute atomic E-state index is 12.9. The Morgan fingerprint density at radius 1 is 1.00 bits per heavy atom. The van der Waals surface area contributed by atoms with Gasteiger partial charge >= 0.3 is 0 Å². The lowest BCUT2D eigenvalue weighted by atomic mass is 10.0. The molecule has 0 bridgehead atoms. The monoisotopic (exact) mass is 385 g/mol. The second-order valence-electron chi connectivity index (χ2n) is 8.28. The van der Waals surface area contributed by atoms with Gasteiger partial charge in [-0.2, -0.15) is 0 Å². The van der Waals surface area contributed by atoms with Crippen molar-refractivity contribution in [2.24, 2.45) is 5.92 Å². The first-order valence-corrected chi connectivity index (χ1v) is 11.0. The highest BCUT2D eigenvalue weighted by Gasteiger charge is 2.34. The molecule has 5 nitrogen and oxygen atoms in total. The maximum atomic E-state index is 12.9. The molecule has 2 fully saturated rings. The molecule has 3 rings (SSSR count). The number of carbonyl (C=O) groups excluding carboxylic acids is 2. The first-order chi connectivity index (χ1) is 13.6. The van der Waals surface area contributed by atoms with Crippen molar-refractivity contribution in [3.05, 3.63) is 35.9 Å². The van der Waals surface area contributed by atoms with Crippen LogP contribution in [0, 0.1) is 5.92 Å². The third kappa shape index (κ3) is 5.13. The zero-order valence-corrected chi connectivity index (χ0v) is 17.4. The predicted molar refractivity (Wildman–Crippen MR) is 112 cm³/mol. The number of hydrogen-bond donors (Lipinski definition) is 1. The summed E-state index contributed by atoms with van der Waals surface area (Å²) in [7, 11) is 0. The molecular weight excluding hydrogens is 350 g/mol. The van der Waals surface area contributed by atoms with E-state index in [1.54, 1.807) is 0 Å². The van der Waals surface area contributed by atoms with Gasteiger partial charge in [0.25, 0.3) is 0 Å². The summed E-state index contributed by atoms with van der Waals surface area (Å²) in [4.78, 5) is 29.7. The van der Waals surface area contributed by atoms with Gasteiger partial charge in [0.15, 0.2) is 0 Å². The Labute approximate surface area is 169 Å². The lowest BCUT2D eigenvalue weighted by Crippen LogP contribution is -2.60. The molecule has 0 radical (unpaired) electrons. The van der Waals surface area contributed by atoms with Crippen molar-refractivity contribution in [1.29, 1.82) is 0 Å². The first-order valence-electron chi connectivity index (χ1n) is 11.0. The fraction of sp³-hybridized carbons (Fsp3) is 0.652. The number of hydrogen-bond acceptors (Lipinski definition) is 3. The minimum Gasteiger partial charge on any atom is -0.347 e. The largest absolute Gasteiger partial charge is 0.347 e. The quantitative estimate of drug-likeness (QED) is 0.784. The van der Waals surface area contributed by atoms with E-state index in [9.17, 15) is 9.59 Å². The molecule has 1 aliphatic carbocycles. The minimum absolute atomic E-state index is 0.0636. The zero-order valence-electron chi connectivity index (χ0n) is 17.4. The molecule has 28 heavy (non-hydrogen) atoms. The highest BCUT2D eigenvalue weighted by Crippen LogP contribution is 2.25. The molecule has 1 N–H and O–H groups in total. The summed E-state index contributed by atoms with van der Waals surface area (Å²) in [6.07, 6.45) is 6.14. The number of amides is 2. The topological polar surface area (TPSA) is 52.7 Å². The van der Waals surface area contributed by atoms with Gasteiger partial charge in [-0.15, -0.1) is 0 Å². The predicted octanol–water partition coefficient (Wildman–Crippen LogP) is 3.19. The summed E-state index contributed by atoms with van der Waals surface area (Å²) in [5, 5.41) is 2.91. The van der Waals surface area contributed by atoms with Crippen LogP contribution in [0.3, 0.4) is 0 Å². The van der Waals surface area contributed by atoms with E-state index in [0.717, 1.165) is 58.2 Å². The van der Waals surface area contributed by atoms with Crippen LogP contribution in [0.5, 0.6) is 0 Å². The Morgan fingerprint density at radius 2 is 1.68 bits per heavy atom. The van der Waals surface area contributed by atoms with Gasteiger partial charge in [-0.25, -0.2) is 0 Å². The van der Waals surface area contributed by atoms with E-state index < -0.39 is 0 Å². The van der Waals surface area contributed by atoms with Crippen LogP contribution in [-0.4, -0.2) is 53.3 Å². The Balaban J connectivity index is 1.58. The summed E-state index contributed by atoms with van der Waals surface area (Å²) < 4.78 is 0. The van der Waals surface area contributed by atoms with Crippen molar-refractivity contribution in [2.75, 3.05) is 19.6 Å². The molecule has 1 aliphatic heterocycles. The number of nitrogens with zero attached hydrogens (tertiary/aromatic N) is 2. The normalized spacial score (nSPS) is 23.7. The van der Waals surface area contributed by atoms with Gasteiger partial charge in [0.1, 0.15) is 0 Å². The average Bonchev–Trinajstić information content (AvgIpc) is 3.27. The molecule has 0 unspecified atom stereocenters. The van der Waals surface area contributed by atoms with Crippen LogP contribution < -0.4 is 5.32 Å². The lowest BCUT2D eigenvalue weighted by Gasteiger charge is -2.46. The van der Waals surface area contributed by atoms with Gasteiger partial charge in [-0.05, 0) is 31.2 Å². The van der Waals surface area contributed by atoms with Crippen LogP contribution in [-0.2, 0) is 16.1 Å². The summed E-state index contributed by atoms with van der Waals surface area (Å²) in [5.41, 5.74) is 1.32. The van der Waals surface area contributed by atoms with Gasteiger partial charge in [0, 0.05) is 37.6 Å². The molecule has 1 aromatic carbocycles. The Hall–Kier alpha value is -1.88. The van der Waals surface area contributed by atoms with Crippen molar-refractivity contribution < 1.29 is 9.59 Å². The van der Waals surface area contributed by atoms with Crippen LogP contribution in [0.1, 0.15) is 57.9 Å². The summed E-state index contributed by atoms with van der Waals surface area (Å²) in [6.45, 7) is 7.05. The number of nitrogens with one attached hydrogen (secondary N) is 1. The SMILES string of the molecule is CC[C@@H]1CN(C(=O)CNC(=O)C2CCCC2)[C@@H](CC)CN1Cc1ccccc1. The highest BCUT2D eigenvalue weighted by molar-refractivity contribution is 5.86.